The number of piperazine rings is 1. The average Bonchev–Trinajstić information content (AvgIpc) is 3.24. The van der Waals surface area contributed by atoms with Gasteiger partial charge in [-0.3, -0.25) is 9.69 Å². The first-order valence-corrected chi connectivity index (χ1v) is 8.45. The van der Waals surface area contributed by atoms with Gasteiger partial charge >= 0.3 is 0 Å². The van der Waals surface area contributed by atoms with E-state index >= 15 is 0 Å². The first-order valence-electron chi connectivity index (χ1n) is 8.45. The van der Waals surface area contributed by atoms with Gasteiger partial charge < -0.3 is 14.6 Å². The van der Waals surface area contributed by atoms with Crippen molar-refractivity contribution in [2.45, 2.75) is 13.0 Å². The van der Waals surface area contributed by atoms with Crippen LogP contribution < -0.4 is 0 Å². The molecule has 23 heavy (non-hydrogen) atoms. The number of rotatable bonds is 3. The van der Waals surface area contributed by atoms with E-state index in [1.807, 2.05) is 4.90 Å². The minimum absolute atomic E-state index is 0.0928. The predicted octanol–water partition coefficient (Wildman–Crippen LogP) is 1.85. The lowest BCUT2D eigenvalue weighted by Crippen LogP contribution is -2.50. The van der Waals surface area contributed by atoms with Gasteiger partial charge in [0.2, 0.25) is 5.91 Å². The zero-order valence-corrected chi connectivity index (χ0v) is 13.3. The van der Waals surface area contributed by atoms with Crippen molar-refractivity contribution in [2.24, 2.45) is 5.92 Å². The molecule has 1 amide bonds. The van der Waals surface area contributed by atoms with Crippen LogP contribution in [0.25, 0.3) is 10.9 Å². The van der Waals surface area contributed by atoms with E-state index in [1.165, 1.54) is 16.6 Å². The van der Waals surface area contributed by atoms with Crippen molar-refractivity contribution in [1.82, 2.24) is 14.8 Å². The topological polar surface area (TPSA) is 48.6 Å². The zero-order valence-electron chi connectivity index (χ0n) is 13.3. The number of hydrogen-bond donors (Lipinski definition) is 1. The fraction of sp³-hybridized carbons (Fsp3) is 0.500. The van der Waals surface area contributed by atoms with Gasteiger partial charge in [0, 0.05) is 50.5 Å². The second-order valence-electron chi connectivity index (χ2n) is 6.54. The van der Waals surface area contributed by atoms with E-state index in [4.69, 9.17) is 4.74 Å². The van der Waals surface area contributed by atoms with E-state index in [2.05, 4.69) is 40.2 Å². The van der Waals surface area contributed by atoms with Crippen LogP contribution in [0.15, 0.2) is 30.3 Å². The van der Waals surface area contributed by atoms with Crippen LogP contribution in [0.4, 0.5) is 0 Å². The third-order valence-corrected chi connectivity index (χ3v) is 4.94. The van der Waals surface area contributed by atoms with Crippen LogP contribution in [0, 0.1) is 5.92 Å². The largest absolute Gasteiger partial charge is 0.381 e. The maximum Gasteiger partial charge on any atom is 0.228 e. The Balaban J connectivity index is 1.33. The van der Waals surface area contributed by atoms with Crippen LogP contribution in [0.3, 0.4) is 0 Å². The third kappa shape index (κ3) is 3.12. The fourth-order valence-corrected chi connectivity index (χ4v) is 3.57. The van der Waals surface area contributed by atoms with Crippen LogP contribution >= 0.6 is 0 Å². The second kappa shape index (κ2) is 6.34. The molecule has 122 valence electrons. The van der Waals surface area contributed by atoms with Gasteiger partial charge in [-0.05, 0) is 23.9 Å². The van der Waals surface area contributed by atoms with Crippen LogP contribution in [-0.2, 0) is 16.1 Å². The van der Waals surface area contributed by atoms with Crippen LogP contribution in [0.2, 0.25) is 0 Å². The zero-order chi connectivity index (χ0) is 15.6. The predicted molar refractivity (Wildman–Crippen MR) is 89.1 cm³/mol. The van der Waals surface area contributed by atoms with Gasteiger partial charge in [-0.15, -0.1) is 0 Å². The number of H-pyrrole nitrogens is 1. The van der Waals surface area contributed by atoms with Crippen LogP contribution in [-0.4, -0.2) is 60.1 Å². The maximum atomic E-state index is 12.4. The number of nitrogens with zero attached hydrogens (tertiary/aromatic N) is 2. The number of carbonyl (C=O) groups excluding carboxylic acids is 1. The van der Waals surface area contributed by atoms with Crippen molar-refractivity contribution >= 4 is 16.8 Å². The Bertz CT molecular complexity index is 649. The van der Waals surface area contributed by atoms with Crippen molar-refractivity contribution < 1.29 is 9.53 Å². The highest BCUT2D eigenvalue weighted by atomic mass is 16.5. The standard InChI is InChI=1S/C18H23N3O2/c22-18(15-5-10-23-13-15)21-8-6-20(7-9-21)12-16-11-14-3-1-2-4-17(14)19-16/h1-4,11,15,19H,5-10,12-13H2. The molecule has 1 aromatic carbocycles. The molecule has 0 radical (unpaired) electrons. The van der Waals surface area contributed by atoms with Crippen LogP contribution in [0.1, 0.15) is 12.1 Å². The number of aromatic amines is 1. The Labute approximate surface area is 136 Å². The second-order valence-corrected chi connectivity index (χ2v) is 6.54. The number of ether oxygens (including phenoxy) is 1. The number of amides is 1. The summed E-state index contributed by atoms with van der Waals surface area (Å²) >= 11 is 0. The molecule has 0 saturated carbocycles. The van der Waals surface area contributed by atoms with Gasteiger partial charge in [-0.2, -0.15) is 0 Å². The molecule has 0 aliphatic carbocycles. The highest BCUT2D eigenvalue weighted by molar-refractivity contribution is 5.80. The summed E-state index contributed by atoms with van der Waals surface area (Å²) in [7, 11) is 0. The first kappa shape index (κ1) is 14.7. The minimum atomic E-state index is 0.0928. The monoisotopic (exact) mass is 313 g/mol. The molecule has 4 rings (SSSR count). The number of fused-ring (bicyclic) bond motifs is 1. The Morgan fingerprint density at radius 1 is 1.22 bits per heavy atom. The third-order valence-electron chi connectivity index (χ3n) is 4.94. The molecular weight excluding hydrogens is 290 g/mol. The first-order chi connectivity index (χ1) is 11.3. The Morgan fingerprint density at radius 2 is 2.04 bits per heavy atom. The van der Waals surface area contributed by atoms with E-state index in [-0.39, 0.29) is 11.8 Å². The highest BCUT2D eigenvalue weighted by Gasteiger charge is 2.30. The van der Waals surface area contributed by atoms with E-state index in [0.29, 0.717) is 6.61 Å². The number of para-hydroxylation sites is 1. The van der Waals surface area contributed by atoms with Gasteiger partial charge in [0.15, 0.2) is 0 Å². The molecule has 0 bridgehead atoms. The molecular formula is C18H23N3O2. The lowest BCUT2D eigenvalue weighted by molar-refractivity contribution is -0.137. The number of hydrogen-bond acceptors (Lipinski definition) is 3. The molecule has 2 fully saturated rings. The lowest BCUT2D eigenvalue weighted by atomic mass is 10.1. The minimum Gasteiger partial charge on any atom is -0.381 e. The summed E-state index contributed by atoms with van der Waals surface area (Å²) in [4.78, 5) is 20.3. The van der Waals surface area contributed by atoms with Crippen molar-refractivity contribution in [3.8, 4) is 0 Å². The summed E-state index contributed by atoms with van der Waals surface area (Å²) in [5.41, 5.74) is 2.44. The van der Waals surface area contributed by atoms with Gasteiger partial charge in [-0.25, -0.2) is 0 Å². The molecule has 2 aromatic rings. The van der Waals surface area contributed by atoms with E-state index in [9.17, 15) is 4.79 Å². The molecule has 1 unspecified atom stereocenters. The van der Waals surface area contributed by atoms with Gasteiger partial charge in [-0.1, -0.05) is 18.2 Å². The molecule has 5 heteroatoms. The molecule has 2 aliphatic heterocycles. The lowest BCUT2D eigenvalue weighted by Gasteiger charge is -2.35. The number of benzene rings is 1. The van der Waals surface area contributed by atoms with Crippen molar-refractivity contribution in [1.29, 1.82) is 0 Å². The molecule has 2 aliphatic rings. The Morgan fingerprint density at radius 3 is 2.78 bits per heavy atom. The number of nitrogens with one attached hydrogen (secondary N) is 1. The smallest absolute Gasteiger partial charge is 0.228 e. The van der Waals surface area contributed by atoms with E-state index in [1.54, 1.807) is 0 Å². The number of aromatic nitrogens is 1. The van der Waals surface area contributed by atoms with Gasteiger partial charge in [0.1, 0.15) is 0 Å². The van der Waals surface area contributed by atoms with E-state index < -0.39 is 0 Å². The van der Waals surface area contributed by atoms with Crippen molar-refractivity contribution in [3.05, 3.63) is 36.0 Å². The Kier molecular flexibility index (Phi) is 4.06. The summed E-state index contributed by atoms with van der Waals surface area (Å²) < 4.78 is 5.34. The normalized spacial score (nSPS) is 22.8. The maximum absolute atomic E-state index is 12.4. The molecule has 3 heterocycles. The van der Waals surface area contributed by atoms with Crippen molar-refractivity contribution in [2.75, 3.05) is 39.4 Å². The summed E-state index contributed by atoms with van der Waals surface area (Å²) in [6.07, 6.45) is 0.883. The van der Waals surface area contributed by atoms with Gasteiger partial charge in [0.05, 0.1) is 12.5 Å². The van der Waals surface area contributed by atoms with Gasteiger partial charge in [0.25, 0.3) is 0 Å². The molecule has 5 nitrogen and oxygen atoms in total. The molecule has 1 atom stereocenters. The van der Waals surface area contributed by atoms with Crippen LogP contribution in [0.5, 0.6) is 0 Å². The molecule has 2 saturated heterocycles. The molecule has 1 aromatic heterocycles. The quantitative estimate of drug-likeness (QED) is 0.941. The highest BCUT2D eigenvalue weighted by Crippen LogP contribution is 2.19. The van der Waals surface area contributed by atoms with E-state index in [0.717, 1.165) is 45.8 Å². The summed E-state index contributed by atoms with van der Waals surface area (Å²) in [5.74, 6) is 0.378. The van der Waals surface area contributed by atoms with Crippen molar-refractivity contribution in [3.63, 3.8) is 0 Å². The SMILES string of the molecule is O=C(C1CCOC1)N1CCN(Cc2cc3ccccc3[nH]2)CC1. The molecule has 0 spiro atoms. The summed E-state index contributed by atoms with van der Waals surface area (Å²) in [6.45, 7) is 5.79. The Hall–Kier alpha value is -1.85. The summed E-state index contributed by atoms with van der Waals surface area (Å²) in [5, 5.41) is 1.26. The summed E-state index contributed by atoms with van der Waals surface area (Å²) in [6, 6.07) is 10.6. The molecule has 1 N–H and O–H groups in total. The fourth-order valence-electron chi connectivity index (χ4n) is 3.57. The number of carbonyl (C=O) groups is 1. The average molecular weight is 313 g/mol.